The van der Waals surface area contributed by atoms with E-state index in [-0.39, 0.29) is 61.5 Å². The molecule has 0 unspecified atom stereocenters. The van der Waals surface area contributed by atoms with Crippen molar-refractivity contribution in [2.24, 2.45) is 0 Å². The third-order valence-electron chi connectivity index (χ3n) is 12.2. The van der Waals surface area contributed by atoms with E-state index in [1.165, 1.54) is 12.1 Å². The highest BCUT2D eigenvalue weighted by atomic mass is 32.1. The maximum Gasteiger partial charge on any atom is 0.426 e. The zero-order valence-electron chi connectivity index (χ0n) is 42.4. The number of ether oxygens (including phenoxy) is 3. The molecule has 0 aliphatic carbocycles. The van der Waals surface area contributed by atoms with Gasteiger partial charge in [-0.3, -0.25) is 19.2 Å². The van der Waals surface area contributed by atoms with Crippen molar-refractivity contribution in [3.63, 3.8) is 0 Å². The van der Waals surface area contributed by atoms with E-state index in [4.69, 9.17) is 19.3 Å². The number of carbonyl (C=O) groups is 4. The zero-order valence-corrected chi connectivity index (χ0v) is 44.0. The molecule has 76 heavy (non-hydrogen) atoms. The molecule has 6 aromatic rings. The fourth-order valence-electron chi connectivity index (χ4n) is 8.64. The maximum atomic E-state index is 13.7. The summed E-state index contributed by atoms with van der Waals surface area (Å²) < 4.78 is 99.0. The summed E-state index contributed by atoms with van der Waals surface area (Å²) in [7, 11) is 0. The van der Waals surface area contributed by atoms with Crippen molar-refractivity contribution < 1.29 is 64.8 Å². The van der Waals surface area contributed by atoms with E-state index in [9.17, 15) is 45.5 Å². The fourth-order valence-corrected chi connectivity index (χ4v) is 10.6. The Bertz CT molecular complexity index is 2990. The van der Waals surface area contributed by atoms with E-state index < -0.39 is 45.8 Å². The van der Waals surface area contributed by atoms with E-state index in [1.807, 2.05) is 12.1 Å². The van der Waals surface area contributed by atoms with E-state index in [0.29, 0.717) is 87.5 Å². The number of hydrogen-bond donors (Lipinski definition) is 3. The average molecular weight is 1090 g/mol. The van der Waals surface area contributed by atoms with Crippen molar-refractivity contribution in [1.29, 1.82) is 0 Å². The van der Waals surface area contributed by atoms with E-state index in [1.54, 1.807) is 129 Å². The number of benzene rings is 4. The lowest BCUT2D eigenvalue weighted by Crippen LogP contribution is -2.45. The average Bonchev–Trinajstić information content (AvgIpc) is 4.19. The summed E-state index contributed by atoms with van der Waals surface area (Å²) in [5.74, 6) is -0.483. The molecule has 2 aliphatic rings. The van der Waals surface area contributed by atoms with Gasteiger partial charge >= 0.3 is 24.3 Å². The predicted octanol–water partition coefficient (Wildman–Crippen LogP) is 12.0. The smallest absolute Gasteiger partial charge is 0.426 e. The highest BCUT2D eigenvalue weighted by molar-refractivity contribution is 7.13. The molecule has 8 rings (SSSR count). The normalized spacial score (nSPS) is 14.0. The first-order valence-electron chi connectivity index (χ1n) is 24.5. The van der Waals surface area contributed by atoms with Crippen molar-refractivity contribution in [3.8, 4) is 33.8 Å². The summed E-state index contributed by atoms with van der Waals surface area (Å²) in [6.45, 7) is 10.4. The second-order valence-corrected chi connectivity index (χ2v) is 21.4. The first-order valence-corrected chi connectivity index (χ1v) is 26.1. The van der Waals surface area contributed by atoms with Crippen molar-refractivity contribution in [1.82, 2.24) is 10.6 Å². The Kier molecular flexibility index (Phi) is 18.4. The van der Waals surface area contributed by atoms with Gasteiger partial charge in [0.05, 0.1) is 24.9 Å². The third kappa shape index (κ3) is 15.0. The van der Waals surface area contributed by atoms with Crippen LogP contribution in [0.3, 0.4) is 0 Å². The lowest BCUT2D eigenvalue weighted by Gasteiger charge is -2.23. The molecule has 404 valence electrons. The molecule has 0 saturated heterocycles. The second kappa shape index (κ2) is 24.5. The molecule has 3 N–H and O–H groups in total. The molecule has 2 amide bonds. The van der Waals surface area contributed by atoms with Gasteiger partial charge in [-0.25, -0.2) is 0 Å². The van der Waals surface area contributed by atoms with E-state index >= 15 is 0 Å². The molecule has 20 heteroatoms. The number of thiophene rings is 2. The molecule has 0 radical (unpaired) electrons. The number of rotatable bonds is 18. The van der Waals surface area contributed by atoms with Gasteiger partial charge in [-0.1, -0.05) is 60.7 Å². The molecule has 0 fully saturated rings. The molecule has 0 bridgehead atoms. The topological polar surface area (TPSA) is 147 Å². The first kappa shape index (κ1) is 57.0. The first-order chi connectivity index (χ1) is 35.9. The largest absolute Gasteiger partial charge is 0.488 e. The molecule has 2 atom stereocenters. The number of carboxylic acids is 1. The third-order valence-corrected chi connectivity index (χ3v) is 14.5. The van der Waals surface area contributed by atoms with Crippen molar-refractivity contribution in [2.45, 2.75) is 104 Å². The monoisotopic (exact) mass is 1090 g/mol. The van der Waals surface area contributed by atoms with Crippen LogP contribution in [0, 0.1) is 0 Å². The van der Waals surface area contributed by atoms with Crippen LogP contribution in [-0.2, 0) is 62.3 Å². The zero-order chi connectivity index (χ0) is 55.0. The van der Waals surface area contributed by atoms with Crippen LogP contribution in [0.1, 0.15) is 78.1 Å². The number of anilines is 2. The van der Waals surface area contributed by atoms with Gasteiger partial charge in [0.1, 0.15) is 40.1 Å². The van der Waals surface area contributed by atoms with Crippen LogP contribution in [0.15, 0.2) is 109 Å². The summed E-state index contributed by atoms with van der Waals surface area (Å²) in [5, 5.41) is 14.8. The Balaban J connectivity index is 0.000000222. The molecular formula is C56H58F6N4O8S2. The SMILES string of the molecule is C[C@H](NCCC(=O)O)C(=O)N1CCc2cc(OCc3cc(-c4ccccc4)c(C(F)(F)F)s3)ccc21.C[C@H](NCCC(=O)OC(C)(C)C)C(=O)N1CCc2cc(OCc3cc(-c4ccccc4)c(C(F)(F)F)s3)ccc21. The summed E-state index contributed by atoms with van der Waals surface area (Å²) in [5.41, 5.74) is 4.11. The van der Waals surface area contributed by atoms with Crippen molar-refractivity contribution >= 4 is 57.8 Å². The minimum atomic E-state index is -4.46. The highest BCUT2D eigenvalue weighted by Gasteiger charge is 2.38. The van der Waals surface area contributed by atoms with Crippen LogP contribution < -0.4 is 29.9 Å². The summed E-state index contributed by atoms with van der Waals surface area (Å²) >= 11 is 1.36. The van der Waals surface area contributed by atoms with Crippen molar-refractivity contribution in [3.05, 3.63) is 140 Å². The number of nitrogens with one attached hydrogen (secondary N) is 2. The van der Waals surface area contributed by atoms with Gasteiger partial charge in [-0.15, -0.1) is 22.7 Å². The van der Waals surface area contributed by atoms with E-state index in [0.717, 1.165) is 22.5 Å². The Morgan fingerprint density at radius 1 is 0.605 bits per heavy atom. The Morgan fingerprint density at radius 2 is 1.01 bits per heavy atom. The fraction of sp³-hybridized carbons (Fsp3) is 0.357. The quantitative estimate of drug-likeness (QED) is 0.0561. The summed E-state index contributed by atoms with van der Waals surface area (Å²) in [4.78, 5) is 51.4. The minimum Gasteiger partial charge on any atom is -0.488 e. The van der Waals surface area contributed by atoms with Gasteiger partial charge < -0.3 is 39.8 Å². The standard InChI is InChI=1S/C30H33F3N2O4S.C26H25F3N2O4S/c1-19(34-14-12-26(36)39-29(2,3)4)28(37)35-15-13-21-16-22(10-11-25(21)35)38-18-23-17-24(20-8-6-5-7-9-20)27(40-23)30(31,32)33;1-16(30-11-9-23(32)33)25(34)31-12-10-18-13-19(7-8-22(18)31)35-15-20-14-21(17-5-3-2-4-6-17)24(36-20)26(27,28)29/h5-11,16-17,19,34H,12-15,18H2,1-4H3;2-8,13-14,16,30H,9-12,15H2,1H3,(H,32,33)/t19-;16-/m00/s1. The van der Waals surface area contributed by atoms with Crippen LogP contribution >= 0.6 is 22.7 Å². The number of halogens is 6. The molecule has 4 aromatic carbocycles. The number of carboxylic acid groups (broad SMARTS) is 1. The molecule has 0 spiro atoms. The van der Waals surface area contributed by atoms with Gasteiger partial charge in [-0.2, -0.15) is 26.3 Å². The molecule has 2 aromatic heterocycles. The van der Waals surface area contributed by atoms with Crippen LogP contribution in [0.2, 0.25) is 0 Å². The molecule has 4 heterocycles. The van der Waals surface area contributed by atoms with Gasteiger partial charge in [0.15, 0.2) is 0 Å². The lowest BCUT2D eigenvalue weighted by molar-refractivity contribution is -0.154. The minimum absolute atomic E-state index is 0.000609. The summed E-state index contributed by atoms with van der Waals surface area (Å²) in [6, 6.07) is 29.6. The van der Waals surface area contributed by atoms with Gasteiger partial charge in [0, 0.05) is 58.4 Å². The Labute approximate surface area is 444 Å². The van der Waals surface area contributed by atoms with Gasteiger partial charge in [0.2, 0.25) is 11.8 Å². The Hall–Kier alpha value is -6.74. The molecule has 0 saturated carbocycles. The predicted molar refractivity (Wildman–Crippen MR) is 281 cm³/mol. The number of fused-ring (bicyclic) bond motifs is 2. The molecule has 2 aliphatic heterocycles. The van der Waals surface area contributed by atoms with Gasteiger partial charge in [-0.05, 0) is 118 Å². The Morgan fingerprint density at radius 3 is 1.39 bits per heavy atom. The maximum absolute atomic E-state index is 13.7. The number of amides is 2. The highest BCUT2D eigenvalue weighted by Crippen LogP contribution is 2.45. The molecular weight excluding hydrogens is 1030 g/mol. The number of alkyl halides is 6. The van der Waals surface area contributed by atoms with E-state index in [2.05, 4.69) is 10.6 Å². The number of nitrogens with zero attached hydrogens (tertiary/aromatic N) is 2. The van der Waals surface area contributed by atoms with Crippen LogP contribution in [-0.4, -0.2) is 72.7 Å². The van der Waals surface area contributed by atoms with Crippen LogP contribution in [0.5, 0.6) is 11.5 Å². The number of hydrogen-bond acceptors (Lipinski definition) is 11. The number of aliphatic carboxylic acids is 1. The van der Waals surface area contributed by atoms with Gasteiger partial charge in [0.25, 0.3) is 0 Å². The molecule has 12 nitrogen and oxygen atoms in total. The summed E-state index contributed by atoms with van der Waals surface area (Å²) in [6.07, 6.45) is -7.57. The number of esters is 1. The van der Waals surface area contributed by atoms with Crippen molar-refractivity contribution in [2.75, 3.05) is 36.0 Å². The van der Waals surface area contributed by atoms with Crippen LogP contribution in [0.25, 0.3) is 22.3 Å². The second-order valence-electron chi connectivity index (χ2n) is 19.1. The number of carbonyl (C=O) groups excluding carboxylic acids is 3. The lowest BCUT2D eigenvalue weighted by atomic mass is 10.1. The van der Waals surface area contributed by atoms with Crippen LogP contribution in [0.4, 0.5) is 37.7 Å².